The molecular weight excluding hydrogens is 326 g/mol. The van der Waals surface area contributed by atoms with Crippen LogP contribution in [0.2, 0.25) is 0 Å². The molecule has 26 heavy (non-hydrogen) atoms. The fourth-order valence-electron chi connectivity index (χ4n) is 2.80. The predicted octanol–water partition coefficient (Wildman–Crippen LogP) is 3.24. The van der Waals surface area contributed by atoms with E-state index in [9.17, 15) is 4.79 Å². The van der Waals surface area contributed by atoms with Crippen LogP contribution in [0.15, 0.2) is 42.6 Å². The van der Waals surface area contributed by atoms with Crippen molar-refractivity contribution in [2.45, 2.75) is 27.3 Å². The van der Waals surface area contributed by atoms with Crippen LogP contribution in [0.5, 0.6) is 0 Å². The molecule has 2 aromatic heterocycles. The SMILES string of the molecule is Cc1nn(Cc2ccccc2)c(C)c1NC(=O)C=Cc1cnn(C)c1C. The number of carbonyl (C=O) groups excluding carboxylic acids is 1. The van der Waals surface area contributed by atoms with Crippen molar-refractivity contribution in [1.29, 1.82) is 0 Å². The Morgan fingerprint density at radius 2 is 1.88 bits per heavy atom. The highest BCUT2D eigenvalue weighted by molar-refractivity contribution is 6.02. The second kappa shape index (κ2) is 7.39. The van der Waals surface area contributed by atoms with E-state index >= 15 is 0 Å². The third-order valence-electron chi connectivity index (χ3n) is 4.49. The van der Waals surface area contributed by atoms with Gasteiger partial charge in [-0.05, 0) is 32.4 Å². The van der Waals surface area contributed by atoms with Crippen LogP contribution in [0.4, 0.5) is 5.69 Å². The molecule has 0 atom stereocenters. The number of aryl methyl sites for hydroxylation is 2. The number of hydrogen-bond acceptors (Lipinski definition) is 3. The maximum absolute atomic E-state index is 12.3. The molecule has 0 aliphatic carbocycles. The van der Waals surface area contributed by atoms with Crippen molar-refractivity contribution in [2.75, 3.05) is 5.32 Å². The zero-order chi connectivity index (χ0) is 18.7. The summed E-state index contributed by atoms with van der Waals surface area (Å²) < 4.78 is 3.69. The second-order valence-corrected chi connectivity index (χ2v) is 6.32. The summed E-state index contributed by atoms with van der Waals surface area (Å²) in [6.45, 7) is 6.51. The Morgan fingerprint density at radius 1 is 1.15 bits per heavy atom. The van der Waals surface area contributed by atoms with Crippen molar-refractivity contribution in [3.63, 3.8) is 0 Å². The van der Waals surface area contributed by atoms with Crippen molar-refractivity contribution in [3.8, 4) is 0 Å². The molecule has 0 radical (unpaired) electrons. The molecular formula is C20H23N5O. The van der Waals surface area contributed by atoms with Gasteiger partial charge < -0.3 is 5.32 Å². The monoisotopic (exact) mass is 349 g/mol. The van der Waals surface area contributed by atoms with Crippen molar-refractivity contribution in [2.24, 2.45) is 7.05 Å². The molecule has 134 valence electrons. The van der Waals surface area contributed by atoms with Crippen LogP contribution >= 0.6 is 0 Å². The van der Waals surface area contributed by atoms with Crippen LogP contribution in [0.25, 0.3) is 6.08 Å². The number of anilines is 1. The van der Waals surface area contributed by atoms with Crippen LogP contribution in [-0.4, -0.2) is 25.5 Å². The minimum Gasteiger partial charge on any atom is -0.319 e. The summed E-state index contributed by atoms with van der Waals surface area (Å²) >= 11 is 0. The molecule has 0 aliphatic rings. The Kier molecular flexibility index (Phi) is 5.02. The minimum absolute atomic E-state index is 0.182. The van der Waals surface area contributed by atoms with E-state index in [2.05, 4.69) is 27.6 Å². The number of carbonyl (C=O) groups is 1. The van der Waals surface area contributed by atoms with Gasteiger partial charge in [0.05, 0.1) is 29.8 Å². The molecule has 0 saturated carbocycles. The summed E-state index contributed by atoms with van der Waals surface area (Å²) in [5, 5.41) is 11.7. The molecule has 0 spiro atoms. The predicted molar refractivity (Wildman–Crippen MR) is 103 cm³/mol. The summed E-state index contributed by atoms with van der Waals surface area (Å²) in [4.78, 5) is 12.3. The first-order valence-corrected chi connectivity index (χ1v) is 8.51. The highest BCUT2D eigenvalue weighted by Gasteiger charge is 2.13. The second-order valence-electron chi connectivity index (χ2n) is 6.32. The lowest BCUT2D eigenvalue weighted by Gasteiger charge is -2.06. The summed E-state index contributed by atoms with van der Waals surface area (Å²) in [6, 6.07) is 10.1. The Hall–Kier alpha value is -3.15. The lowest BCUT2D eigenvalue weighted by atomic mass is 10.2. The van der Waals surface area contributed by atoms with Gasteiger partial charge in [-0.3, -0.25) is 14.2 Å². The van der Waals surface area contributed by atoms with Gasteiger partial charge in [-0.25, -0.2) is 0 Å². The first-order valence-electron chi connectivity index (χ1n) is 8.51. The Balaban J connectivity index is 1.73. The minimum atomic E-state index is -0.182. The molecule has 1 aromatic carbocycles. The molecule has 6 nitrogen and oxygen atoms in total. The average molecular weight is 349 g/mol. The summed E-state index contributed by atoms with van der Waals surface area (Å²) in [7, 11) is 1.88. The van der Waals surface area contributed by atoms with E-state index in [-0.39, 0.29) is 5.91 Å². The van der Waals surface area contributed by atoms with Gasteiger partial charge in [0, 0.05) is 24.4 Å². The van der Waals surface area contributed by atoms with E-state index < -0.39 is 0 Å². The number of aromatic nitrogens is 4. The van der Waals surface area contributed by atoms with Crippen molar-refractivity contribution < 1.29 is 4.79 Å². The first-order chi connectivity index (χ1) is 12.5. The summed E-state index contributed by atoms with van der Waals surface area (Å²) in [5.74, 6) is -0.182. The van der Waals surface area contributed by atoms with Crippen molar-refractivity contribution >= 4 is 17.7 Å². The normalized spacial score (nSPS) is 11.2. The van der Waals surface area contributed by atoms with E-state index in [0.29, 0.717) is 6.54 Å². The number of hydrogen-bond donors (Lipinski definition) is 1. The Bertz CT molecular complexity index is 950. The number of rotatable bonds is 5. The standard InChI is InChI=1S/C20H23N5O/c1-14-20(16(3)25(23-14)13-17-8-6-5-7-9-17)22-19(26)11-10-18-12-21-24(4)15(18)2/h5-12H,13H2,1-4H3,(H,22,26). The molecule has 0 bridgehead atoms. The Morgan fingerprint density at radius 3 is 2.54 bits per heavy atom. The lowest BCUT2D eigenvalue weighted by Crippen LogP contribution is -2.10. The fourth-order valence-corrected chi connectivity index (χ4v) is 2.80. The lowest BCUT2D eigenvalue weighted by molar-refractivity contribution is -0.111. The van der Waals surface area contributed by atoms with Crippen molar-refractivity contribution in [1.82, 2.24) is 19.6 Å². The van der Waals surface area contributed by atoms with E-state index in [0.717, 1.165) is 28.3 Å². The molecule has 0 aliphatic heterocycles. The zero-order valence-corrected chi connectivity index (χ0v) is 15.5. The highest BCUT2D eigenvalue weighted by atomic mass is 16.1. The molecule has 0 saturated heterocycles. The van der Waals surface area contributed by atoms with Gasteiger partial charge in [0.1, 0.15) is 0 Å². The average Bonchev–Trinajstić information content (AvgIpc) is 3.08. The smallest absolute Gasteiger partial charge is 0.248 e. The van der Waals surface area contributed by atoms with Crippen LogP contribution < -0.4 is 5.32 Å². The van der Waals surface area contributed by atoms with Crippen LogP contribution in [0, 0.1) is 20.8 Å². The third kappa shape index (κ3) is 3.74. The summed E-state index contributed by atoms with van der Waals surface area (Å²) in [5.41, 5.74) is 5.61. The number of benzene rings is 1. The van der Waals surface area contributed by atoms with Gasteiger partial charge in [0.2, 0.25) is 5.91 Å². The molecule has 1 amide bonds. The van der Waals surface area contributed by atoms with Crippen LogP contribution in [0.1, 0.15) is 28.2 Å². The van der Waals surface area contributed by atoms with Gasteiger partial charge in [-0.1, -0.05) is 30.3 Å². The molecule has 6 heteroatoms. The molecule has 0 unspecified atom stereocenters. The quantitative estimate of drug-likeness (QED) is 0.719. The van der Waals surface area contributed by atoms with Gasteiger partial charge in [-0.15, -0.1) is 0 Å². The number of amides is 1. The van der Waals surface area contributed by atoms with Gasteiger partial charge in [0.25, 0.3) is 0 Å². The van der Waals surface area contributed by atoms with Gasteiger partial charge >= 0.3 is 0 Å². The van der Waals surface area contributed by atoms with E-state index in [1.165, 1.54) is 11.6 Å². The maximum atomic E-state index is 12.3. The first kappa shape index (κ1) is 17.7. The van der Waals surface area contributed by atoms with Gasteiger partial charge in [-0.2, -0.15) is 10.2 Å². The van der Waals surface area contributed by atoms with Gasteiger partial charge in [0.15, 0.2) is 0 Å². The van der Waals surface area contributed by atoms with E-state index in [1.54, 1.807) is 17.0 Å². The van der Waals surface area contributed by atoms with E-state index in [1.807, 2.05) is 50.7 Å². The largest absolute Gasteiger partial charge is 0.319 e. The number of nitrogens with one attached hydrogen (secondary N) is 1. The van der Waals surface area contributed by atoms with Crippen LogP contribution in [0.3, 0.4) is 0 Å². The molecule has 0 fully saturated rings. The zero-order valence-electron chi connectivity index (χ0n) is 15.5. The highest BCUT2D eigenvalue weighted by Crippen LogP contribution is 2.20. The maximum Gasteiger partial charge on any atom is 0.248 e. The molecule has 3 aromatic rings. The molecule has 1 N–H and O–H groups in total. The molecule has 2 heterocycles. The topological polar surface area (TPSA) is 64.7 Å². The Labute approximate surface area is 153 Å². The van der Waals surface area contributed by atoms with Crippen LogP contribution in [-0.2, 0) is 18.4 Å². The summed E-state index contributed by atoms with van der Waals surface area (Å²) in [6.07, 6.45) is 5.04. The van der Waals surface area contributed by atoms with Crippen molar-refractivity contribution in [3.05, 3.63) is 70.8 Å². The third-order valence-corrected chi connectivity index (χ3v) is 4.49. The number of nitrogens with zero attached hydrogens (tertiary/aromatic N) is 4. The molecule has 3 rings (SSSR count). The fraction of sp³-hybridized carbons (Fsp3) is 0.250. The van der Waals surface area contributed by atoms with E-state index in [4.69, 9.17) is 0 Å².